The van der Waals surface area contributed by atoms with Crippen molar-refractivity contribution in [2.24, 2.45) is 4.99 Å². The Morgan fingerprint density at radius 3 is 2.19 bits per heavy atom. The van der Waals surface area contributed by atoms with Gasteiger partial charge in [0.25, 0.3) is 0 Å². The van der Waals surface area contributed by atoms with Crippen LogP contribution in [-0.2, 0) is 14.9 Å². The summed E-state index contributed by atoms with van der Waals surface area (Å²) in [5.41, 5.74) is 1.15. The molecule has 1 saturated carbocycles. The molecule has 182 valence electrons. The van der Waals surface area contributed by atoms with E-state index in [1.807, 2.05) is 13.1 Å². The molecule has 0 atom stereocenters. The Bertz CT molecular complexity index is 732. The Labute approximate surface area is 210 Å². The molecular formula is C24H40IN3O4. The van der Waals surface area contributed by atoms with Gasteiger partial charge in [0.15, 0.2) is 17.5 Å². The molecule has 1 aromatic carbocycles. The van der Waals surface area contributed by atoms with Crippen molar-refractivity contribution in [1.82, 2.24) is 10.6 Å². The number of guanidine groups is 1. The molecule has 7 nitrogen and oxygen atoms in total. The summed E-state index contributed by atoms with van der Waals surface area (Å²) in [6, 6.07) is 6.35. The van der Waals surface area contributed by atoms with E-state index in [9.17, 15) is 0 Å². The molecule has 2 N–H and O–H groups in total. The highest BCUT2D eigenvalue weighted by Gasteiger charge is 2.36. The van der Waals surface area contributed by atoms with Crippen LogP contribution < -0.4 is 20.1 Å². The number of benzene rings is 1. The van der Waals surface area contributed by atoms with Crippen molar-refractivity contribution in [2.45, 2.75) is 56.0 Å². The van der Waals surface area contributed by atoms with Gasteiger partial charge < -0.3 is 29.6 Å². The molecule has 0 radical (unpaired) electrons. The van der Waals surface area contributed by atoms with Gasteiger partial charge in [0.05, 0.1) is 19.8 Å². The summed E-state index contributed by atoms with van der Waals surface area (Å²) in [5.74, 6) is 2.37. The Hall–Kier alpha value is -1.26. The average molecular weight is 562 g/mol. The number of nitrogens with zero attached hydrogens (tertiary/aromatic N) is 1. The number of hydrogen-bond donors (Lipinski definition) is 2. The van der Waals surface area contributed by atoms with Gasteiger partial charge in [-0.25, -0.2) is 0 Å². The van der Waals surface area contributed by atoms with Gasteiger partial charge in [-0.1, -0.05) is 25.3 Å². The van der Waals surface area contributed by atoms with Crippen LogP contribution in [0.15, 0.2) is 23.2 Å². The fourth-order valence-electron chi connectivity index (χ4n) is 4.88. The molecule has 0 bridgehead atoms. The van der Waals surface area contributed by atoms with Crippen molar-refractivity contribution < 1.29 is 18.9 Å². The summed E-state index contributed by atoms with van der Waals surface area (Å²) in [5, 5.41) is 7.10. The summed E-state index contributed by atoms with van der Waals surface area (Å²) in [4.78, 5) is 4.47. The van der Waals surface area contributed by atoms with Crippen LogP contribution in [0, 0.1) is 0 Å². The lowest BCUT2D eigenvalue weighted by molar-refractivity contribution is -0.0855. The van der Waals surface area contributed by atoms with Crippen LogP contribution in [0.3, 0.4) is 0 Å². The average Bonchev–Trinajstić information content (AvgIpc) is 2.84. The van der Waals surface area contributed by atoms with Crippen molar-refractivity contribution in [3.05, 3.63) is 23.8 Å². The van der Waals surface area contributed by atoms with Crippen molar-refractivity contribution >= 4 is 29.9 Å². The van der Waals surface area contributed by atoms with Crippen LogP contribution in [0.25, 0.3) is 0 Å². The molecule has 3 rings (SSSR count). The van der Waals surface area contributed by atoms with Crippen LogP contribution >= 0.6 is 24.0 Å². The molecule has 2 aliphatic rings. The Morgan fingerprint density at radius 2 is 1.59 bits per heavy atom. The quantitative estimate of drug-likeness (QED) is 0.285. The van der Waals surface area contributed by atoms with Crippen molar-refractivity contribution in [1.29, 1.82) is 0 Å². The maximum absolute atomic E-state index is 5.85. The zero-order valence-corrected chi connectivity index (χ0v) is 22.3. The van der Waals surface area contributed by atoms with Crippen LogP contribution in [0.2, 0.25) is 0 Å². The first-order chi connectivity index (χ1) is 15.1. The zero-order valence-electron chi connectivity index (χ0n) is 20.0. The maximum atomic E-state index is 5.85. The third kappa shape index (κ3) is 6.41. The maximum Gasteiger partial charge on any atom is 0.191 e. The molecule has 32 heavy (non-hydrogen) atoms. The monoisotopic (exact) mass is 561 g/mol. The number of nitrogens with one attached hydrogen (secondary N) is 2. The standard InChI is InChI=1S/C24H39N3O4.HI/c1-25-22(27-18-24(30-4)12-14-31-15-13-24)26-17-23(10-6-5-7-11-23)19-8-9-20(28-2)21(16-19)29-3;/h8-9,16H,5-7,10-15,17-18H2,1-4H3,(H2,25,26,27);1H. The van der Waals surface area contributed by atoms with Gasteiger partial charge in [0, 0.05) is 58.7 Å². The summed E-state index contributed by atoms with van der Waals surface area (Å²) in [6.45, 7) is 3.02. The van der Waals surface area contributed by atoms with E-state index < -0.39 is 0 Å². The second kappa shape index (κ2) is 12.8. The molecule has 1 aliphatic heterocycles. The van der Waals surface area contributed by atoms with Gasteiger partial charge in [-0.15, -0.1) is 24.0 Å². The highest BCUT2D eigenvalue weighted by Crippen LogP contribution is 2.42. The third-order valence-corrected chi connectivity index (χ3v) is 7.04. The molecule has 1 heterocycles. The van der Waals surface area contributed by atoms with Gasteiger partial charge >= 0.3 is 0 Å². The van der Waals surface area contributed by atoms with E-state index in [1.165, 1.54) is 24.8 Å². The van der Waals surface area contributed by atoms with Gasteiger partial charge in [-0.3, -0.25) is 4.99 Å². The second-order valence-electron chi connectivity index (χ2n) is 8.69. The molecular weight excluding hydrogens is 521 g/mol. The van der Waals surface area contributed by atoms with Gasteiger partial charge in [0.1, 0.15) is 0 Å². The van der Waals surface area contributed by atoms with Gasteiger partial charge in [-0.2, -0.15) is 0 Å². The molecule has 1 aliphatic carbocycles. The number of aliphatic imine (C=N–C) groups is 1. The highest BCUT2D eigenvalue weighted by atomic mass is 127. The third-order valence-electron chi connectivity index (χ3n) is 7.04. The Morgan fingerprint density at radius 1 is 0.938 bits per heavy atom. The lowest BCUT2D eigenvalue weighted by Crippen LogP contribution is -2.52. The Kier molecular flexibility index (Phi) is 10.8. The molecule has 0 spiro atoms. The molecule has 0 unspecified atom stereocenters. The van der Waals surface area contributed by atoms with E-state index >= 15 is 0 Å². The number of ether oxygens (including phenoxy) is 4. The SMILES string of the molecule is CN=C(NCC1(OC)CCOCC1)NCC1(c2ccc(OC)c(OC)c2)CCCCC1.I. The molecule has 2 fully saturated rings. The topological polar surface area (TPSA) is 73.3 Å². The van der Waals surface area contributed by atoms with E-state index in [4.69, 9.17) is 18.9 Å². The second-order valence-corrected chi connectivity index (χ2v) is 8.69. The van der Waals surface area contributed by atoms with Crippen LogP contribution in [0.1, 0.15) is 50.5 Å². The molecule has 1 saturated heterocycles. The number of rotatable bonds is 8. The minimum atomic E-state index is -0.193. The number of hydrogen-bond acceptors (Lipinski definition) is 5. The molecule has 8 heteroatoms. The van der Waals surface area contributed by atoms with E-state index in [-0.39, 0.29) is 35.0 Å². The van der Waals surface area contributed by atoms with Crippen LogP contribution in [0.4, 0.5) is 0 Å². The van der Waals surface area contributed by atoms with E-state index in [2.05, 4.69) is 27.8 Å². The largest absolute Gasteiger partial charge is 0.493 e. The predicted octanol–water partition coefficient (Wildman–Crippen LogP) is 3.88. The fraction of sp³-hybridized carbons (Fsp3) is 0.708. The normalized spacial score (nSPS) is 20.1. The smallest absolute Gasteiger partial charge is 0.191 e. The zero-order chi connectivity index (χ0) is 22.2. The fourth-order valence-corrected chi connectivity index (χ4v) is 4.88. The predicted molar refractivity (Wildman–Crippen MR) is 139 cm³/mol. The van der Waals surface area contributed by atoms with E-state index in [0.717, 1.165) is 69.4 Å². The van der Waals surface area contributed by atoms with E-state index in [1.54, 1.807) is 21.3 Å². The first-order valence-electron chi connectivity index (χ1n) is 11.4. The van der Waals surface area contributed by atoms with Crippen molar-refractivity contribution in [3.63, 3.8) is 0 Å². The van der Waals surface area contributed by atoms with Crippen LogP contribution in [0.5, 0.6) is 11.5 Å². The van der Waals surface area contributed by atoms with Crippen molar-refractivity contribution in [3.8, 4) is 11.5 Å². The molecule has 1 aromatic rings. The summed E-state index contributed by atoms with van der Waals surface area (Å²) in [7, 11) is 6.98. The first kappa shape index (κ1) is 27.0. The Balaban J connectivity index is 0.00000363. The van der Waals surface area contributed by atoms with E-state index in [0.29, 0.717) is 0 Å². The summed E-state index contributed by atoms with van der Waals surface area (Å²) < 4.78 is 22.4. The minimum absolute atomic E-state index is 0. The molecule has 0 amide bonds. The lowest BCUT2D eigenvalue weighted by Gasteiger charge is -2.39. The first-order valence-corrected chi connectivity index (χ1v) is 11.4. The van der Waals surface area contributed by atoms with Crippen LogP contribution in [-0.4, -0.2) is 66.2 Å². The highest BCUT2D eigenvalue weighted by molar-refractivity contribution is 14.0. The van der Waals surface area contributed by atoms with Gasteiger partial charge in [-0.05, 0) is 30.5 Å². The van der Waals surface area contributed by atoms with Crippen molar-refractivity contribution in [2.75, 3.05) is 54.7 Å². The number of methoxy groups -OCH3 is 3. The summed E-state index contributed by atoms with van der Waals surface area (Å²) >= 11 is 0. The number of halogens is 1. The van der Waals surface area contributed by atoms with Gasteiger partial charge in [0.2, 0.25) is 0 Å². The lowest BCUT2D eigenvalue weighted by atomic mass is 9.69. The summed E-state index contributed by atoms with van der Waals surface area (Å²) in [6.07, 6.45) is 7.83. The molecule has 0 aromatic heterocycles. The minimum Gasteiger partial charge on any atom is -0.493 e.